The van der Waals surface area contributed by atoms with Crippen LogP contribution in [0.1, 0.15) is 39.5 Å². The van der Waals surface area contributed by atoms with E-state index in [2.05, 4.69) is 19.9 Å². The van der Waals surface area contributed by atoms with E-state index in [9.17, 15) is 4.79 Å². The molecule has 1 amide bonds. The molecule has 1 atom stereocenters. The largest absolute Gasteiger partial charge is 0.368 e. The van der Waals surface area contributed by atoms with Crippen molar-refractivity contribution in [3.63, 3.8) is 0 Å². The molecule has 0 aliphatic carbocycles. The van der Waals surface area contributed by atoms with Crippen LogP contribution in [0.15, 0.2) is 18.5 Å². The average molecular weight is 313 g/mol. The Labute approximate surface area is 134 Å². The molecular formula is C16H19N5O2. The van der Waals surface area contributed by atoms with Crippen molar-refractivity contribution >= 4 is 5.91 Å². The van der Waals surface area contributed by atoms with Crippen LogP contribution in [0.3, 0.4) is 0 Å². The van der Waals surface area contributed by atoms with Gasteiger partial charge in [-0.1, -0.05) is 0 Å². The van der Waals surface area contributed by atoms with E-state index in [4.69, 9.17) is 4.74 Å². The highest BCUT2D eigenvalue weighted by molar-refractivity contribution is 5.92. The SMILES string of the molecule is Cc1cnc(C(=O)N2CCO[C@H](c3cc(C)nc(C)n3)C2)cn1. The summed E-state index contributed by atoms with van der Waals surface area (Å²) in [5, 5.41) is 0. The third kappa shape index (κ3) is 3.50. The zero-order valence-corrected chi connectivity index (χ0v) is 13.5. The van der Waals surface area contributed by atoms with Gasteiger partial charge in [-0.25, -0.2) is 15.0 Å². The van der Waals surface area contributed by atoms with Crippen LogP contribution in [-0.2, 0) is 4.74 Å². The van der Waals surface area contributed by atoms with Gasteiger partial charge in [0.15, 0.2) is 0 Å². The van der Waals surface area contributed by atoms with Gasteiger partial charge in [-0.3, -0.25) is 9.78 Å². The van der Waals surface area contributed by atoms with E-state index in [0.29, 0.717) is 31.2 Å². The van der Waals surface area contributed by atoms with Crippen molar-refractivity contribution in [1.82, 2.24) is 24.8 Å². The van der Waals surface area contributed by atoms with Gasteiger partial charge in [0.2, 0.25) is 0 Å². The number of carbonyl (C=O) groups is 1. The highest BCUT2D eigenvalue weighted by Gasteiger charge is 2.28. The maximum atomic E-state index is 12.6. The molecule has 0 unspecified atom stereocenters. The summed E-state index contributed by atoms with van der Waals surface area (Å²) in [6.45, 7) is 7.07. The molecule has 1 aliphatic heterocycles. The second-order valence-corrected chi connectivity index (χ2v) is 5.64. The van der Waals surface area contributed by atoms with Gasteiger partial charge >= 0.3 is 0 Å². The Morgan fingerprint density at radius 2 is 2.00 bits per heavy atom. The minimum Gasteiger partial charge on any atom is -0.368 e. The Kier molecular flexibility index (Phi) is 4.29. The van der Waals surface area contributed by atoms with Gasteiger partial charge in [-0.15, -0.1) is 0 Å². The number of nitrogens with zero attached hydrogens (tertiary/aromatic N) is 5. The summed E-state index contributed by atoms with van der Waals surface area (Å²) in [5.41, 5.74) is 2.84. The molecule has 2 aromatic rings. The third-order valence-electron chi connectivity index (χ3n) is 3.67. The molecule has 3 rings (SSSR count). The Bertz CT molecular complexity index is 697. The molecule has 0 spiro atoms. The topological polar surface area (TPSA) is 81.1 Å². The summed E-state index contributed by atoms with van der Waals surface area (Å²) in [5.74, 6) is 0.574. The number of amides is 1. The number of carbonyl (C=O) groups excluding carboxylic acids is 1. The molecular weight excluding hydrogens is 294 g/mol. The fourth-order valence-corrected chi connectivity index (χ4v) is 2.59. The molecule has 1 aliphatic rings. The normalized spacial score (nSPS) is 18.0. The van der Waals surface area contributed by atoms with E-state index in [-0.39, 0.29) is 12.0 Å². The fourth-order valence-electron chi connectivity index (χ4n) is 2.59. The van der Waals surface area contributed by atoms with E-state index < -0.39 is 0 Å². The maximum Gasteiger partial charge on any atom is 0.274 e. The van der Waals surface area contributed by atoms with Crippen LogP contribution in [0.4, 0.5) is 0 Å². The molecule has 120 valence electrons. The smallest absolute Gasteiger partial charge is 0.274 e. The Morgan fingerprint density at radius 1 is 1.17 bits per heavy atom. The number of rotatable bonds is 2. The minimum atomic E-state index is -0.244. The molecule has 23 heavy (non-hydrogen) atoms. The molecule has 1 fully saturated rings. The van der Waals surface area contributed by atoms with Crippen molar-refractivity contribution in [3.8, 4) is 0 Å². The predicted octanol–water partition coefficient (Wildman–Crippen LogP) is 1.41. The maximum absolute atomic E-state index is 12.6. The summed E-state index contributed by atoms with van der Waals surface area (Å²) >= 11 is 0. The van der Waals surface area contributed by atoms with Gasteiger partial charge in [0, 0.05) is 18.4 Å². The minimum absolute atomic E-state index is 0.131. The van der Waals surface area contributed by atoms with Gasteiger partial charge in [0.1, 0.15) is 17.6 Å². The van der Waals surface area contributed by atoms with Crippen LogP contribution in [0.5, 0.6) is 0 Å². The summed E-state index contributed by atoms with van der Waals surface area (Å²) in [7, 11) is 0. The van der Waals surface area contributed by atoms with E-state index >= 15 is 0 Å². The average Bonchev–Trinajstić information content (AvgIpc) is 2.54. The quantitative estimate of drug-likeness (QED) is 0.834. The van der Waals surface area contributed by atoms with Crippen LogP contribution in [-0.4, -0.2) is 50.4 Å². The second kappa shape index (κ2) is 6.37. The molecule has 0 saturated carbocycles. The molecule has 7 nitrogen and oxygen atoms in total. The van der Waals surface area contributed by atoms with Gasteiger partial charge in [-0.05, 0) is 26.8 Å². The number of hydrogen-bond acceptors (Lipinski definition) is 6. The van der Waals surface area contributed by atoms with Crippen molar-refractivity contribution < 1.29 is 9.53 Å². The number of aryl methyl sites for hydroxylation is 3. The highest BCUT2D eigenvalue weighted by atomic mass is 16.5. The van der Waals surface area contributed by atoms with Gasteiger partial charge < -0.3 is 9.64 Å². The molecule has 2 aromatic heterocycles. The summed E-state index contributed by atoms with van der Waals surface area (Å²) < 4.78 is 5.79. The first-order valence-corrected chi connectivity index (χ1v) is 7.54. The second-order valence-electron chi connectivity index (χ2n) is 5.64. The Balaban J connectivity index is 1.77. The van der Waals surface area contributed by atoms with E-state index in [1.807, 2.05) is 26.8 Å². The molecule has 1 saturated heterocycles. The first-order valence-electron chi connectivity index (χ1n) is 7.54. The fraction of sp³-hybridized carbons (Fsp3) is 0.438. The molecule has 7 heteroatoms. The number of ether oxygens (including phenoxy) is 1. The standard InChI is InChI=1S/C16H19N5O2/c1-10-6-13(20-12(3)19-10)15-9-21(4-5-23-15)16(22)14-8-17-11(2)7-18-14/h6-8,15H,4-5,9H2,1-3H3/t15-/m0/s1. The van der Waals surface area contributed by atoms with Crippen LogP contribution >= 0.6 is 0 Å². The predicted molar refractivity (Wildman–Crippen MR) is 82.9 cm³/mol. The monoisotopic (exact) mass is 313 g/mol. The zero-order valence-electron chi connectivity index (χ0n) is 13.5. The molecule has 3 heterocycles. The van der Waals surface area contributed by atoms with Gasteiger partial charge in [0.05, 0.1) is 30.7 Å². The molecule has 0 N–H and O–H groups in total. The highest BCUT2D eigenvalue weighted by Crippen LogP contribution is 2.22. The lowest BCUT2D eigenvalue weighted by Gasteiger charge is -2.32. The lowest BCUT2D eigenvalue weighted by Crippen LogP contribution is -2.42. The van der Waals surface area contributed by atoms with E-state index in [1.165, 1.54) is 6.20 Å². The number of aromatic nitrogens is 4. The first-order chi connectivity index (χ1) is 11.0. The van der Waals surface area contributed by atoms with Crippen molar-refractivity contribution in [3.05, 3.63) is 47.1 Å². The third-order valence-corrected chi connectivity index (χ3v) is 3.67. The van der Waals surface area contributed by atoms with Crippen molar-refractivity contribution in [2.24, 2.45) is 0 Å². The molecule has 0 bridgehead atoms. The van der Waals surface area contributed by atoms with Crippen molar-refractivity contribution in [1.29, 1.82) is 0 Å². The van der Waals surface area contributed by atoms with Crippen LogP contribution in [0.25, 0.3) is 0 Å². The van der Waals surface area contributed by atoms with Crippen LogP contribution in [0.2, 0.25) is 0 Å². The number of morpholine rings is 1. The van der Waals surface area contributed by atoms with E-state index in [0.717, 1.165) is 17.1 Å². The van der Waals surface area contributed by atoms with Crippen molar-refractivity contribution in [2.45, 2.75) is 26.9 Å². The molecule has 0 radical (unpaired) electrons. The first kappa shape index (κ1) is 15.5. The zero-order chi connectivity index (χ0) is 16.4. The summed E-state index contributed by atoms with van der Waals surface area (Å²) in [6.07, 6.45) is 2.87. The van der Waals surface area contributed by atoms with Gasteiger partial charge in [-0.2, -0.15) is 0 Å². The summed E-state index contributed by atoms with van der Waals surface area (Å²) in [4.78, 5) is 31.3. The van der Waals surface area contributed by atoms with Gasteiger partial charge in [0.25, 0.3) is 5.91 Å². The lowest BCUT2D eigenvalue weighted by atomic mass is 10.1. The van der Waals surface area contributed by atoms with Crippen LogP contribution in [0, 0.1) is 20.8 Å². The lowest BCUT2D eigenvalue weighted by molar-refractivity contribution is -0.0250. The Morgan fingerprint density at radius 3 is 2.70 bits per heavy atom. The summed E-state index contributed by atoms with van der Waals surface area (Å²) in [6, 6.07) is 1.90. The van der Waals surface area contributed by atoms with Crippen molar-refractivity contribution in [2.75, 3.05) is 19.7 Å². The van der Waals surface area contributed by atoms with E-state index in [1.54, 1.807) is 11.1 Å². The molecule has 0 aromatic carbocycles. The Hall–Kier alpha value is -2.41. The van der Waals surface area contributed by atoms with Crippen LogP contribution < -0.4 is 0 Å². The number of hydrogen-bond donors (Lipinski definition) is 0.